The first-order chi connectivity index (χ1) is 8.75. The van der Waals surface area contributed by atoms with Gasteiger partial charge in [0.2, 0.25) is 0 Å². The van der Waals surface area contributed by atoms with Crippen LogP contribution in [0.1, 0.15) is 5.76 Å². The Morgan fingerprint density at radius 3 is 3.11 bits per heavy atom. The molecule has 0 aliphatic rings. The van der Waals surface area contributed by atoms with Crippen molar-refractivity contribution in [3.8, 4) is 0 Å². The molecule has 0 radical (unpaired) electrons. The topological polar surface area (TPSA) is 50.9 Å². The van der Waals surface area contributed by atoms with E-state index in [0.717, 1.165) is 10.6 Å². The van der Waals surface area contributed by atoms with E-state index < -0.39 is 0 Å². The number of aryl methyl sites for hydroxylation is 1. The molecule has 3 aromatic heterocycles. The molecule has 0 unspecified atom stereocenters. The second-order valence-corrected chi connectivity index (χ2v) is 5.18. The summed E-state index contributed by atoms with van der Waals surface area (Å²) < 4.78 is 7.29. The molecule has 1 N–H and O–H groups in total. The Kier molecular flexibility index (Phi) is 2.89. The summed E-state index contributed by atoms with van der Waals surface area (Å²) in [5.74, 6) is 0.849. The highest BCUT2D eigenvalue weighted by Gasteiger charge is 2.07. The maximum absolute atomic E-state index is 12.2. The molecule has 0 amide bonds. The van der Waals surface area contributed by atoms with Crippen LogP contribution in [-0.4, -0.2) is 9.55 Å². The van der Waals surface area contributed by atoms with Crippen LogP contribution in [0.25, 0.3) is 10.2 Å². The van der Waals surface area contributed by atoms with Gasteiger partial charge in [-0.2, -0.15) is 0 Å². The second-order valence-electron chi connectivity index (χ2n) is 3.88. The number of thiophene rings is 1. The predicted molar refractivity (Wildman–Crippen MR) is 73.7 cm³/mol. The normalized spacial score (nSPS) is 11.1. The minimum atomic E-state index is -0.0402. The van der Waals surface area contributed by atoms with Gasteiger partial charge in [-0.1, -0.05) is 0 Å². The average molecular weight is 278 g/mol. The van der Waals surface area contributed by atoms with Crippen LogP contribution in [-0.2, 0) is 13.0 Å². The highest BCUT2D eigenvalue weighted by atomic mass is 32.1. The molecule has 18 heavy (non-hydrogen) atoms. The lowest BCUT2D eigenvalue weighted by molar-refractivity contribution is 0.486. The van der Waals surface area contributed by atoms with Gasteiger partial charge in [-0.25, -0.2) is 0 Å². The van der Waals surface area contributed by atoms with Gasteiger partial charge in [0.15, 0.2) is 4.77 Å². The van der Waals surface area contributed by atoms with Gasteiger partial charge < -0.3 is 9.40 Å². The van der Waals surface area contributed by atoms with Gasteiger partial charge >= 0.3 is 0 Å². The first kappa shape index (κ1) is 11.4. The van der Waals surface area contributed by atoms with Crippen LogP contribution in [0.4, 0.5) is 0 Å². The van der Waals surface area contributed by atoms with Gasteiger partial charge in [-0.3, -0.25) is 9.36 Å². The zero-order valence-electron chi connectivity index (χ0n) is 9.38. The molecule has 3 heterocycles. The van der Waals surface area contributed by atoms with Gasteiger partial charge in [0.25, 0.3) is 5.56 Å². The van der Waals surface area contributed by atoms with Crippen molar-refractivity contribution >= 4 is 33.8 Å². The van der Waals surface area contributed by atoms with Crippen LogP contribution in [0.2, 0.25) is 0 Å². The van der Waals surface area contributed by atoms with Gasteiger partial charge in [0.05, 0.1) is 11.6 Å². The monoisotopic (exact) mass is 278 g/mol. The van der Waals surface area contributed by atoms with E-state index in [1.54, 1.807) is 10.8 Å². The van der Waals surface area contributed by atoms with Crippen molar-refractivity contribution in [3.63, 3.8) is 0 Å². The summed E-state index contributed by atoms with van der Waals surface area (Å²) in [6, 6.07) is 5.54. The molecule has 0 fully saturated rings. The molecule has 3 aromatic rings. The number of nitrogens with one attached hydrogen (secondary N) is 1. The van der Waals surface area contributed by atoms with Crippen LogP contribution in [0.5, 0.6) is 0 Å². The fourth-order valence-electron chi connectivity index (χ4n) is 1.86. The number of hydrogen-bond donors (Lipinski definition) is 1. The Balaban J connectivity index is 2.01. The van der Waals surface area contributed by atoms with E-state index in [1.807, 2.05) is 23.6 Å². The first-order valence-corrected chi connectivity index (χ1v) is 6.77. The van der Waals surface area contributed by atoms with Gasteiger partial charge in [-0.15, -0.1) is 11.3 Å². The fourth-order valence-corrected chi connectivity index (χ4v) is 2.98. The maximum Gasteiger partial charge on any atom is 0.263 e. The van der Waals surface area contributed by atoms with E-state index in [-0.39, 0.29) is 5.56 Å². The largest absolute Gasteiger partial charge is 0.469 e. The summed E-state index contributed by atoms with van der Waals surface area (Å²) in [6.07, 6.45) is 2.28. The highest BCUT2D eigenvalue weighted by Crippen LogP contribution is 2.14. The fraction of sp³-hybridized carbons (Fsp3) is 0.167. The standard InChI is InChI=1S/C12H10N2O2S2/c15-11-9-4-7-18-10(9)13-12(17)14(11)5-3-8-2-1-6-16-8/h1-2,4,6-7H,3,5H2,(H,13,17). The quantitative estimate of drug-likeness (QED) is 0.749. The van der Waals surface area contributed by atoms with E-state index in [4.69, 9.17) is 16.6 Å². The molecule has 92 valence electrons. The van der Waals surface area contributed by atoms with Crippen LogP contribution in [0, 0.1) is 4.77 Å². The number of aromatic amines is 1. The average Bonchev–Trinajstić information content (AvgIpc) is 2.98. The number of H-pyrrole nitrogens is 1. The third-order valence-electron chi connectivity index (χ3n) is 2.77. The van der Waals surface area contributed by atoms with Gasteiger partial charge in [0.1, 0.15) is 10.6 Å². The number of hydrogen-bond acceptors (Lipinski definition) is 4. The molecule has 0 aliphatic carbocycles. The molecular weight excluding hydrogens is 268 g/mol. The van der Waals surface area contributed by atoms with Crippen molar-refractivity contribution in [2.45, 2.75) is 13.0 Å². The minimum Gasteiger partial charge on any atom is -0.469 e. The summed E-state index contributed by atoms with van der Waals surface area (Å²) in [7, 11) is 0. The molecule has 0 aromatic carbocycles. The van der Waals surface area contributed by atoms with Crippen molar-refractivity contribution < 1.29 is 4.42 Å². The Morgan fingerprint density at radius 1 is 1.44 bits per heavy atom. The molecule has 3 rings (SSSR count). The third-order valence-corrected chi connectivity index (χ3v) is 3.92. The number of aromatic nitrogens is 2. The number of nitrogens with zero attached hydrogens (tertiary/aromatic N) is 1. The molecule has 0 saturated carbocycles. The summed E-state index contributed by atoms with van der Waals surface area (Å²) in [4.78, 5) is 16.1. The SMILES string of the molecule is O=c1c2ccsc2[nH]c(=S)n1CCc1ccco1. The van der Waals surface area contributed by atoms with Crippen molar-refractivity contribution in [1.82, 2.24) is 9.55 Å². The van der Waals surface area contributed by atoms with Crippen LogP contribution >= 0.6 is 23.6 Å². The lowest BCUT2D eigenvalue weighted by atomic mass is 10.3. The van der Waals surface area contributed by atoms with Crippen molar-refractivity contribution in [3.05, 3.63) is 50.7 Å². The van der Waals surface area contributed by atoms with Gasteiger partial charge in [-0.05, 0) is 35.8 Å². The highest BCUT2D eigenvalue weighted by molar-refractivity contribution is 7.71. The molecule has 6 heteroatoms. The van der Waals surface area contributed by atoms with E-state index in [0.29, 0.717) is 23.1 Å². The second kappa shape index (κ2) is 4.55. The van der Waals surface area contributed by atoms with Crippen LogP contribution in [0.3, 0.4) is 0 Å². The number of furan rings is 1. The Labute approximate surface area is 112 Å². The zero-order chi connectivity index (χ0) is 12.5. The van der Waals surface area contributed by atoms with Crippen molar-refractivity contribution in [2.75, 3.05) is 0 Å². The molecule has 0 spiro atoms. The van der Waals surface area contributed by atoms with Crippen LogP contribution < -0.4 is 5.56 Å². The molecule has 0 saturated heterocycles. The van der Waals surface area contributed by atoms with Crippen molar-refractivity contribution in [1.29, 1.82) is 0 Å². The lowest BCUT2D eigenvalue weighted by Gasteiger charge is -2.04. The molecule has 0 bridgehead atoms. The van der Waals surface area contributed by atoms with Crippen LogP contribution in [0.15, 0.2) is 39.1 Å². The molecule has 4 nitrogen and oxygen atoms in total. The van der Waals surface area contributed by atoms with Gasteiger partial charge in [0, 0.05) is 13.0 Å². The Hall–Kier alpha value is -1.66. The predicted octanol–water partition coefficient (Wildman–Crippen LogP) is 2.96. The lowest BCUT2D eigenvalue weighted by Crippen LogP contribution is -2.22. The summed E-state index contributed by atoms with van der Waals surface area (Å²) >= 11 is 6.70. The number of rotatable bonds is 3. The smallest absolute Gasteiger partial charge is 0.263 e. The zero-order valence-corrected chi connectivity index (χ0v) is 11.0. The summed E-state index contributed by atoms with van der Waals surface area (Å²) in [5.41, 5.74) is -0.0402. The summed E-state index contributed by atoms with van der Waals surface area (Å²) in [5, 5.41) is 2.57. The number of fused-ring (bicyclic) bond motifs is 1. The minimum absolute atomic E-state index is 0.0402. The third kappa shape index (κ3) is 1.93. The summed E-state index contributed by atoms with van der Waals surface area (Å²) in [6.45, 7) is 0.521. The van der Waals surface area contributed by atoms with E-state index >= 15 is 0 Å². The van der Waals surface area contributed by atoms with Crippen molar-refractivity contribution in [2.24, 2.45) is 0 Å². The Bertz CT molecular complexity index is 780. The van der Waals surface area contributed by atoms with E-state index in [9.17, 15) is 4.79 Å². The van der Waals surface area contributed by atoms with E-state index in [2.05, 4.69) is 4.98 Å². The molecule has 0 aliphatic heterocycles. The molecule has 0 atom stereocenters. The van der Waals surface area contributed by atoms with E-state index in [1.165, 1.54) is 11.3 Å². The molecular formula is C12H10N2O2S2. The Morgan fingerprint density at radius 2 is 2.33 bits per heavy atom. The maximum atomic E-state index is 12.2. The first-order valence-electron chi connectivity index (χ1n) is 5.48.